The fourth-order valence-corrected chi connectivity index (χ4v) is 2.47. The van der Waals surface area contributed by atoms with Crippen molar-refractivity contribution >= 4 is 22.5 Å². The van der Waals surface area contributed by atoms with E-state index in [1.165, 1.54) is 11.1 Å². The first-order valence-electron chi connectivity index (χ1n) is 6.01. The number of halogens is 1. The Bertz CT molecular complexity index is 701. The Morgan fingerprint density at radius 2 is 2.00 bits per heavy atom. The molecule has 90 valence electrons. The molecule has 3 rings (SSSR count). The summed E-state index contributed by atoms with van der Waals surface area (Å²) in [6, 6.07) is 14.2. The largest absolute Gasteiger partial charge is 0.297 e. The number of para-hydroxylation sites is 1. The van der Waals surface area contributed by atoms with E-state index in [2.05, 4.69) is 34.7 Å². The molecule has 0 aliphatic heterocycles. The molecule has 0 unspecified atom stereocenters. The smallest absolute Gasteiger partial charge is 0.156 e. The van der Waals surface area contributed by atoms with E-state index < -0.39 is 0 Å². The minimum atomic E-state index is 0.675. The van der Waals surface area contributed by atoms with Crippen LogP contribution in [0.4, 0.5) is 0 Å². The van der Waals surface area contributed by atoms with E-state index in [0.29, 0.717) is 5.02 Å². The Balaban J connectivity index is 2.37. The van der Waals surface area contributed by atoms with E-state index in [1.54, 1.807) is 6.20 Å². The van der Waals surface area contributed by atoms with Gasteiger partial charge in [-0.05, 0) is 30.7 Å². The van der Waals surface area contributed by atoms with Gasteiger partial charge in [0.05, 0.1) is 10.5 Å². The molecule has 2 heterocycles. The second-order valence-corrected chi connectivity index (χ2v) is 4.60. The summed E-state index contributed by atoms with van der Waals surface area (Å²) in [6.45, 7) is 2.14. The van der Waals surface area contributed by atoms with Crippen LogP contribution in [-0.4, -0.2) is 9.55 Å². The Morgan fingerprint density at radius 1 is 1.17 bits per heavy atom. The minimum absolute atomic E-state index is 0.675. The molecule has 0 aliphatic carbocycles. The average Bonchev–Trinajstić information content (AvgIpc) is 2.78. The van der Waals surface area contributed by atoms with Crippen LogP contribution >= 0.6 is 11.6 Å². The van der Waals surface area contributed by atoms with E-state index in [1.807, 2.05) is 24.3 Å². The van der Waals surface area contributed by atoms with Crippen LogP contribution in [0.5, 0.6) is 0 Å². The highest BCUT2D eigenvalue weighted by Gasteiger charge is 2.12. The molecule has 0 aliphatic rings. The molecule has 0 saturated heterocycles. The number of pyridine rings is 1. The van der Waals surface area contributed by atoms with E-state index in [9.17, 15) is 0 Å². The van der Waals surface area contributed by atoms with Crippen LogP contribution in [0, 0.1) is 0 Å². The lowest BCUT2D eigenvalue weighted by atomic mass is 10.2. The predicted molar refractivity (Wildman–Crippen MR) is 75.5 cm³/mol. The predicted octanol–water partition coefficient (Wildman–Crippen LogP) is 4.24. The summed E-state index contributed by atoms with van der Waals surface area (Å²) in [5.41, 5.74) is 2.37. The molecule has 0 bridgehead atoms. The monoisotopic (exact) mass is 256 g/mol. The van der Waals surface area contributed by atoms with Crippen molar-refractivity contribution in [2.24, 2.45) is 0 Å². The summed E-state index contributed by atoms with van der Waals surface area (Å²) >= 11 is 6.26. The summed E-state index contributed by atoms with van der Waals surface area (Å²) in [5.74, 6) is 0.803. The minimum Gasteiger partial charge on any atom is -0.297 e. The SMILES string of the molecule is CCc1cc2ccccc2n1-c1ncccc1Cl. The molecule has 0 radical (unpaired) electrons. The number of hydrogen-bond acceptors (Lipinski definition) is 1. The number of aromatic nitrogens is 2. The van der Waals surface area contributed by atoms with Gasteiger partial charge >= 0.3 is 0 Å². The first-order valence-corrected chi connectivity index (χ1v) is 6.39. The van der Waals surface area contributed by atoms with Crippen molar-refractivity contribution in [1.82, 2.24) is 9.55 Å². The number of nitrogens with zero attached hydrogens (tertiary/aromatic N) is 2. The molecule has 0 atom stereocenters. The van der Waals surface area contributed by atoms with Crippen LogP contribution in [0.3, 0.4) is 0 Å². The third-order valence-corrected chi connectivity index (χ3v) is 3.40. The molecular weight excluding hydrogens is 244 g/mol. The molecule has 2 nitrogen and oxygen atoms in total. The maximum atomic E-state index is 6.26. The topological polar surface area (TPSA) is 17.8 Å². The van der Waals surface area contributed by atoms with E-state index in [-0.39, 0.29) is 0 Å². The van der Waals surface area contributed by atoms with E-state index >= 15 is 0 Å². The van der Waals surface area contributed by atoms with Gasteiger partial charge in [0.15, 0.2) is 5.82 Å². The van der Waals surface area contributed by atoms with Crippen molar-refractivity contribution in [3.8, 4) is 5.82 Å². The highest BCUT2D eigenvalue weighted by Crippen LogP contribution is 2.27. The Labute approximate surface area is 111 Å². The number of benzene rings is 1. The molecule has 18 heavy (non-hydrogen) atoms. The van der Waals surface area contributed by atoms with Crippen molar-refractivity contribution < 1.29 is 0 Å². The molecular formula is C15H13ClN2. The van der Waals surface area contributed by atoms with Crippen LogP contribution < -0.4 is 0 Å². The second-order valence-electron chi connectivity index (χ2n) is 4.19. The van der Waals surface area contributed by atoms with Gasteiger partial charge in [0.25, 0.3) is 0 Å². The van der Waals surface area contributed by atoms with Crippen LogP contribution in [0.1, 0.15) is 12.6 Å². The lowest BCUT2D eigenvalue weighted by Crippen LogP contribution is -2.01. The van der Waals surface area contributed by atoms with Crippen LogP contribution in [0.2, 0.25) is 5.02 Å². The fraction of sp³-hybridized carbons (Fsp3) is 0.133. The fourth-order valence-electron chi connectivity index (χ4n) is 2.26. The molecule has 0 spiro atoms. The van der Waals surface area contributed by atoms with Crippen molar-refractivity contribution in [2.45, 2.75) is 13.3 Å². The normalized spacial score (nSPS) is 11.0. The van der Waals surface area contributed by atoms with Gasteiger partial charge in [-0.3, -0.25) is 4.57 Å². The summed E-state index contributed by atoms with van der Waals surface area (Å²) in [4.78, 5) is 4.41. The van der Waals surface area contributed by atoms with Gasteiger partial charge in [0.2, 0.25) is 0 Å². The van der Waals surface area contributed by atoms with Crippen LogP contribution in [-0.2, 0) is 6.42 Å². The standard InChI is InChI=1S/C15H13ClN2/c1-2-12-10-11-6-3-4-8-14(11)18(12)15-13(16)7-5-9-17-15/h3-10H,2H2,1H3. The maximum Gasteiger partial charge on any atom is 0.156 e. The average molecular weight is 257 g/mol. The quantitative estimate of drug-likeness (QED) is 0.671. The molecule has 2 aromatic heterocycles. The molecule has 3 aromatic rings. The Hall–Kier alpha value is -1.80. The number of hydrogen-bond donors (Lipinski definition) is 0. The third kappa shape index (κ3) is 1.70. The third-order valence-electron chi connectivity index (χ3n) is 3.10. The highest BCUT2D eigenvalue weighted by atomic mass is 35.5. The zero-order valence-corrected chi connectivity index (χ0v) is 10.9. The number of fused-ring (bicyclic) bond motifs is 1. The van der Waals surface area contributed by atoms with Gasteiger partial charge in [-0.1, -0.05) is 36.7 Å². The highest BCUT2D eigenvalue weighted by molar-refractivity contribution is 6.32. The summed E-state index contributed by atoms with van der Waals surface area (Å²) in [5, 5.41) is 1.89. The summed E-state index contributed by atoms with van der Waals surface area (Å²) < 4.78 is 2.14. The molecule has 3 heteroatoms. The van der Waals surface area contributed by atoms with Crippen molar-refractivity contribution in [3.05, 3.63) is 59.4 Å². The zero-order valence-electron chi connectivity index (χ0n) is 10.1. The molecule has 0 N–H and O–H groups in total. The van der Waals surface area contributed by atoms with Gasteiger partial charge < -0.3 is 0 Å². The lowest BCUT2D eigenvalue weighted by molar-refractivity contribution is 0.929. The molecule has 0 fully saturated rings. The van der Waals surface area contributed by atoms with Gasteiger partial charge in [-0.2, -0.15) is 0 Å². The van der Waals surface area contributed by atoms with Gasteiger partial charge in [0.1, 0.15) is 0 Å². The van der Waals surface area contributed by atoms with Crippen LogP contribution in [0.15, 0.2) is 48.7 Å². The summed E-state index contributed by atoms with van der Waals surface area (Å²) in [7, 11) is 0. The van der Waals surface area contributed by atoms with E-state index in [4.69, 9.17) is 11.6 Å². The van der Waals surface area contributed by atoms with Crippen LogP contribution in [0.25, 0.3) is 16.7 Å². The number of rotatable bonds is 2. The van der Waals surface area contributed by atoms with Crippen molar-refractivity contribution in [3.63, 3.8) is 0 Å². The summed E-state index contributed by atoms with van der Waals surface area (Å²) in [6.07, 6.45) is 2.72. The molecule has 0 amide bonds. The van der Waals surface area contributed by atoms with Crippen molar-refractivity contribution in [1.29, 1.82) is 0 Å². The Morgan fingerprint density at radius 3 is 2.78 bits per heavy atom. The van der Waals surface area contributed by atoms with Gasteiger partial charge in [0, 0.05) is 17.3 Å². The zero-order chi connectivity index (χ0) is 12.5. The van der Waals surface area contributed by atoms with Gasteiger partial charge in [-0.15, -0.1) is 0 Å². The maximum absolute atomic E-state index is 6.26. The first-order chi connectivity index (χ1) is 8.81. The Kier molecular flexibility index (Phi) is 2.80. The molecule has 1 aromatic carbocycles. The first kappa shape index (κ1) is 11.3. The lowest BCUT2D eigenvalue weighted by Gasteiger charge is -2.10. The van der Waals surface area contributed by atoms with E-state index in [0.717, 1.165) is 17.8 Å². The second kappa shape index (κ2) is 4.46. The van der Waals surface area contributed by atoms with Crippen molar-refractivity contribution in [2.75, 3.05) is 0 Å². The molecule has 0 saturated carbocycles. The number of aryl methyl sites for hydroxylation is 1. The van der Waals surface area contributed by atoms with Gasteiger partial charge in [-0.25, -0.2) is 4.98 Å².